The van der Waals surface area contributed by atoms with Crippen molar-refractivity contribution in [3.05, 3.63) is 60.2 Å². The molecule has 0 N–H and O–H groups in total. The molecule has 1 heterocycles. The van der Waals surface area contributed by atoms with Crippen LogP contribution in [0.5, 0.6) is 5.75 Å². The predicted octanol–water partition coefficient (Wildman–Crippen LogP) is -0.0581. The van der Waals surface area contributed by atoms with Crippen LogP contribution < -0.4 is 23.4 Å². The fraction of sp³-hybridized carbons (Fsp3) is 0.118. The number of aryl methyl sites for hydroxylation is 1. The summed E-state index contributed by atoms with van der Waals surface area (Å²) < 4.78 is 45.1. The van der Waals surface area contributed by atoms with Gasteiger partial charge < -0.3 is 4.74 Å². The average Bonchev–Trinajstić information content (AvgIpc) is 2.53. The fourth-order valence-electron chi connectivity index (χ4n) is 2.12. The van der Waals surface area contributed by atoms with Crippen molar-refractivity contribution in [2.24, 2.45) is 0 Å². The first-order chi connectivity index (χ1) is 11.3. The van der Waals surface area contributed by atoms with Gasteiger partial charge in [0.05, 0.1) is 18.1 Å². The lowest BCUT2D eigenvalue weighted by atomic mass is 10.1. The van der Waals surface area contributed by atoms with Crippen molar-refractivity contribution in [2.45, 2.75) is 6.92 Å². The molecule has 126 valence electrons. The Morgan fingerprint density at radius 2 is 1.50 bits per heavy atom. The monoisotopic (exact) mass is 350 g/mol. The van der Waals surface area contributed by atoms with Crippen LogP contribution in [0.25, 0.3) is 22.3 Å². The van der Waals surface area contributed by atoms with Crippen LogP contribution in [0.3, 0.4) is 0 Å². The lowest BCUT2D eigenvalue weighted by Crippen LogP contribution is -2.68. The molecule has 0 fully saturated rings. The summed E-state index contributed by atoms with van der Waals surface area (Å²) in [5.74, 6) is 1.71. The molecule has 0 aliphatic heterocycles. The highest BCUT2D eigenvalue weighted by Gasteiger charge is 2.14. The zero-order valence-corrected chi connectivity index (χ0v) is 13.8. The van der Waals surface area contributed by atoms with Gasteiger partial charge in [-0.3, -0.25) is 0 Å². The number of fused-ring (bicyclic) bond motifs is 1. The highest BCUT2D eigenvalue weighted by molar-refractivity contribution is 5.79. The number of methoxy groups -OCH3 is 1. The molecule has 7 heteroatoms. The number of hydrogen-bond donors (Lipinski definition) is 0. The van der Waals surface area contributed by atoms with Crippen LogP contribution >= 0.6 is 0 Å². The average molecular weight is 351 g/mol. The van der Waals surface area contributed by atoms with Crippen molar-refractivity contribution >= 4 is 11.0 Å². The number of benzene rings is 2. The molecule has 24 heavy (non-hydrogen) atoms. The molecule has 0 aliphatic rings. The summed E-state index contributed by atoms with van der Waals surface area (Å²) in [6.45, 7) is 2.08. The molecule has 0 aliphatic carbocycles. The molecule has 2 aromatic carbocycles. The summed E-state index contributed by atoms with van der Waals surface area (Å²) >= 11 is 0. The Balaban J connectivity index is 0.000000368. The van der Waals surface area contributed by atoms with Crippen LogP contribution in [-0.4, -0.2) is 7.11 Å². The van der Waals surface area contributed by atoms with E-state index >= 15 is 0 Å². The zero-order chi connectivity index (χ0) is 17.7. The molecule has 3 aromatic rings. The van der Waals surface area contributed by atoms with Crippen molar-refractivity contribution in [3.63, 3.8) is 0 Å². The van der Waals surface area contributed by atoms with E-state index < -0.39 is 10.2 Å². The summed E-state index contributed by atoms with van der Waals surface area (Å²) in [7, 11) is -3.28. The third-order valence-corrected chi connectivity index (χ3v) is 3.17. The Labute approximate surface area is 140 Å². The molecule has 6 nitrogen and oxygen atoms in total. The van der Waals surface area contributed by atoms with Gasteiger partial charge in [-0.1, -0.05) is 0 Å². The van der Waals surface area contributed by atoms with Gasteiger partial charge in [-0.15, -0.1) is 10.2 Å². The summed E-state index contributed by atoms with van der Waals surface area (Å²) in [6.07, 6.45) is 0. The van der Waals surface area contributed by atoms with E-state index in [4.69, 9.17) is 27.8 Å². The van der Waals surface area contributed by atoms with Crippen LogP contribution in [0.15, 0.2) is 59.0 Å². The Bertz CT molecular complexity index is 805. The molecule has 0 amide bonds. The second-order valence-corrected chi connectivity index (χ2v) is 5.70. The molecule has 0 saturated carbocycles. The molecule has 0 bridgehead atoms. The second kappa shape index (κ2) is 7.57. The number of rotatable bonds is 2. The maximum atomic E-state index is 8.49. The third-order valence-electron chi connectivity index (χ3n) is 3.17. The highest BCUT2D eigenvalue weighted by atomic mass is 35.7. The molecule has 1 aromatic heterocycles. The van der Waals surface area contributed by atoms with E-state index in [2.05, 4.69) is 25.1 Å². The van der Waals surface area contributed by atoms with Crippen molar-refractivity contribution in [1.82, 2.24) is 0 Å². The van der Waals surface area contributed by atoms with E-state index in [1.54, 1.807) is 7.11 Å². The van der Waals surface area contributed by atoms with Gasteiger partial charge in [0.25, 0.3) is 0 Å². The van der Waals surface area contributed by atoms with Gasteiger partial charge in [0, 0.05) is 12.1 Å². The third kappa shape index (κ3) is 5.45. The second-order valence-electron chi connectivity index (χ2n) is 4.95. The first kappa shape index (κ1) is 18.1. The van der Waals surface area contributed by atoms with Crippen molar-refractivity contribution in [3.8, 4) is 17.1 Å². The summed E-state index contributed by atoms with van der Waals surface area (Å²) in [4.78, 5) is 0. The summed E-state index contributed by atoms with van der Waals surface area (Å²) in [6, 6.07) is 18.1. The van der Waals surface area contributed by atoms with Crippen molar-refractivity contribution in [2.75, 3.05) is 7.11 Å². The van der Waals surface area contributed by atoms with Crippen LogP contribution in [0.2, 0.25) is 0 Å². The van der Waals surface area contributed by atoms with E-state index in [1.165, 1.54) is 5.56 Å². The minimum atomic E-state index is -4.94. The smallest absolute Gasteiger partial charge is 0.360 e. The minimum absolute atomic E-state index is 0.847. The summed E-state index contributed by atoms with van der Waals surface area (Å²) in [5, 5.41) is 1.12. The first-order valence-corrected chi connectivity index (χ1v) is 8.09. The Morgan fingerprint density at radius 3 is 2.08 bits per heavy atom. The van der Waals surface area contributed by atoms with Gasteiger partial charge in [0.1, 0.15) is 5.75 Å². The molecular formula is C17H15ClO6. The van der Waals surface area contributed by atoms with Gasteiger partial charge in [-0.25, -0.2) is 23.1 Å². The van der Waals surface area contributed by atoms with Crippen LogP contribution in [-0.2, 0) is 0 Å². The molecular weight excluding hydrogens is 336 g/mol. The molecule has 3 rings (SSSR count). The molecule has 0 saturated heterocycles. The van der Waals surface area contributed by atoms with Crippen LogP contribution in [0.1, 0.15) is 5.56 Å². The fourth-order valence-corrected chi connectivity index (χ4v) is 2.12. The van der Waals surface area contributed by atoms with E-state index in [9.17, 15) is 0 Å². The van der Waals surface area contributed by atoms with Gasteiger partial charge in [-0.2, -0.15) is 0 Å². The minimum Gasteiger partial charge on any atom is -0.497 e. The maximum Gasteiger partial charge on any atom is 0.360 e. The largest absolute Gasteiger partial charge is 0.497 e. The Hall–Kier alpha value is -2.22. The molecule has 0 unspecified atom stereocenters. The van der Waals surface area contributed by atoms with E-state index in [-0.39, 0.29) is 0 Å². The van der Waals surface area contributed by atoms with E-state index in [0.29, 0.717) is 0 Å². The van der Waals surface area contributed by atoms with Gasteiger partial charge in [0.2, 0.25) is 0 Å². The summed E-state index contributed by atoms with van der Waals surface area (Å²) in [5.41, 5.74) is 3.18. The standard InChI is InChI=1S/C17H15O2.ClHO4/c1-12-3-9-17-14(11-12)6-10-16(19-17)13-4-7-15(18-2)8-5-13;2-1(3,4)5/h3-11H,1-2H3;(H,2,3,4,5)/q+1;/p-1. The van der Waals surface area contributed by atoms with Gasteiger partial charge >= 0.3 is 11.3 Å². The lowest BCUT2D eigenvalue weighted by molar-refractivity contribution is -2.00. The van der Waals surface area contributed by atoms with Crippen molar-refractivity contribution in [1.29, 1.82) is 0 Å². The Morgan fingerprint density at radius 1 is 0.875 bits per heavy atom. The molecule has 0 spiro atoms. The number of ether oxygens (including phenoxy) is 1. The molecule has 0 radical (unpaired) electrons. The van der Waals surface area contributed by atoms with Crippen molar-refractivity contribution < 1.29 is 38.0 Å². The lowest BCUT2D eigenvalue weighted by Gasteiger charge is -2.17. The highest BCUT2D eigenvalue weighted by Crippen LogP contribution is 2.26. The maximum absolute atomic E-state index is 8.49. The van der Waals surface area contributed by atoms with E-state index in [1.807, 2.05) is 36.4 Å². The number of halogens is 1. The van der Waals surface area contributed by atoms with Crippen LogP contribution in [0.4, 0.5) is 0 Å². The van der Waals surface area contributed by atoms with Crippen LogP contribution in [0, 0.1) is 17.2 Å². The quantitative estimate of drug-likeness (QED) is 0.598. The molecule has 0 atom stereocenters. The first-order valence-electron chi connectivity index (χ1n) is 6.86. The number of hydrogen-bond acceptors (Lipinski definition) is 5. The predicted molar refractivity (Wildman–Crippen MR) is 77.3 cm³/mol. The van der Waals surface area contributed by atoms with Gasteiger partial charge in [-0.05, 0) is 55.0 Å². The normalized spacial score (nSPS) is 10.9. The van der Waals surface area contributed by atoms with Gasteiger partial charge in [0.15, 0.2) is 0 Å². The SMILES string of the molecule is COc1ccc(-c2ccc3cc(C)ccc3[o+]2)cc1.[O-][Cl+3]([O-])([O-])[O-]. The Kier molecular flexibility index (Phi) is 5.71. The zero-order valence-electron chi connectivity index (χ0n) is 13.0. The van der Waals surface area contributed by atoms with E-state index in [0.717, 1.165) is 28.0 Å². The topological polar surface area (TPSA) is 113 Å².